The van der Waals surface area contributed by atoms with Crippen molar-refractivity contribution in [2.24, 2.45) is 16.3 Å². The zero-order valence-electron chi connectivity index (χ0n) is 22.2. The summed E-state index contributed by atoms with van der Waals surface area (Å²) >= 11 is 0. The van der Waals surface area contributed by atoms with Crippen LogP contribution in [0.25, 0.3) is 11.3 Å². The number of Topliss-reactive ketones (excluding diaryl/α,β-unsaturated/α-hetero) is 1. The Morgan fingerprint density at radius 1 is 0.975 bits per heavy atom. The molecule has 200 valence electrons. The van der Waals surface area contributed by atoms with Crippen molar-refractivity contribution >= 4 is 34.5 Å². The first-order valence-electron chi connectivity index (χ1n) is 13.2. The molecule has 40 heavy (non-hydrogen) atoms. The molecular weight excluding hydrogens is 504 g/mol. The number of carbonyl (C=O) groups excluding carboxylic acids is 2. The lowest BCUT2D eigenvalue weighted by atomic mass is 9.68. The van der Waals surface area contributed by atoms with Crippen LogP contribution < -0.4 is 4.90 Å². The highest BCUT2D eigenvalue weighted by Crippen LogP contribution is 2.48. The average Bonchev–Trinajstić information content (AvgIpc) is 3.37. The number of amides is 1. The fourth-order valence-corrected chi connectivity index (χ4v) is 5.93. The monoisotopic (exact) mass is 532 g/mol. The molecule has 1 saturated carbocycles. The Morgan fingerprint density at radius 3 is 2.50 bits per heavy atom. The number of anilines is 1. The number of rotatable bonds is 4. The van der Waals surface area contributed by atoms with Gasteiger partial charge in [0, 0.05) is 46.8 Å². The number of aliphatic imine (C=N–C) groups is 1. The number of hydrogen-bond acceptors (Lipinski definition) is 5. The molecule has 2 atom stereocenters. The number of ketones is 1. The van der Waals surface area contributed by atoms with Gasteiger partial charge >= 0.3 is 0 Å². The lowest BCUT2D eigenvalue weighted by molar-refractivity contribution is -0.384. The number of non-ortho nitro benzene ring substituents is 1. The molecule has 2 heterocycles. The van der Waals surface area contributed by atoms with Gasteiger partial charge in [-0.05, 0) is 48.2 Å². The van der Waals surface area contributed by atoms with Crippen LogP contribution in [0.15, 0.2) is 96.0 Å². The van der Waals surface area contributed by atoms with E-state index in [1.165, 1.54) is 12.1 Å². The number of nitro groups is 1. The summed E-state index contributed by atoms with van der Waals surface area (Å²) in [7, 11) is 0. The summed E-state index contributed by atoms with van der Waals surface area (Å²) in [6, 6.07) is 25.9. The van der Waals surface area contributed by atoms with Crippen LogP contribution >= 0.6 is 0 Å². The molecule has 0 bridgehead atoms. The summed E-state index contributed by atoms with van der Waals surface area (Å²) in [5.41, 5.74) is 4.21. The smallest absolute Gasteiger partial charge is 0.270 e. The summed E-state index contributed by atoms with van der Waals surface area (Å²) in [6.45, 7) is 4.13. The Balaban J connectivity index is 1.55. The molecule has 4 aromatic rings. The van der Waals surface area contributed by atoms with Crippen molar-refractivity contribution in [2.75, 3.05) is 4.90 Å². The number of aromatic amines is 1. The van der Waals surface area contributed by atoms with Crippen LogP contribution in [0.1, 0.15) is 48.8 Å². The molecule has 1 aliphatic heterocycles. The van der Waals surface area contributed by atoms with E-state index in [0.29, 0.717) is 46.7 Å². The van der Waals surface area contributed by atoms with Gasteiger partial charge in [0.15, 0.2) is 0 Å². The zero-order chi connectivity index (χ0) is 28.0. The minimum absolute atomic E-state index is 0.0166. The summed E-state index contributed by atoms with van der Waals surface area (Å²) in [5.74, 6) is -0.853. The van der Waals surface area contributed by atoms with E-state index >= 15 is 0 Å². The molecule has 0 radical (unpaired) electrons. The fourth-order valence-electron chi connectivity index (χ4n) is 5.93. The Kier molecular flexibility index (Phi) is 6.18. The third-order valence-corrected chi connectivity index (χ3v) is 7.65. The summed E-state index contributed by atoms with van der Waals surface area (Å²) in [5, 5.41) is 11.4. The van der Waals surface area contributed by atoms with E-state index in [9.17, 15) is 19.7 Å². The molecule has 0 saturated heterocycles. The predicted molar refractivity (Wildman–Crippen MR) is 154 cm³/mol. The topological polar surface area (TPSA) is 109 Å². The molecule has 1 N–H and O–H groups in total. The minimum atomic E-state index is -0.689. The zero-order valence-corrected chi connectivity index (χ0v) is 22.2. The number of fused-ring (bicyclic) bond motifs is 2. The van der Waals surface area contributed by atoms with Crippen molar-refractivity contribution in [3.63, 3.8) is 0 Å². The number of aromatic nitrogens is 1. The average molecular weight is 533 g/mol. The number of carbonyl (C=O) groups is 2. The van der Waals surface area contributed by atoms with Crippen LogP contribution in [0.2, 0.25) is 0 Å². The van der Waals surface area contributed by atoms with Gasteiger partial charge in [0.1, 0.15) is 5.78 Å². The molecule has 1 amide bonds. The molecule has 1 fully saturated rings. The van der Waals surface area contributed by atoms with Crippen molar-refractivity contribution in [2.45, 2.75) is 32.7 Å². The quantitative estimate of drug-likeness (QED) is 0.224. The molecule has 2 unspecified atom stereocenters. The van der Waals surface area contributed by atoms with Gasteiger partial charge in [-0.3, -0.25) is 29.6 Å². The Morgan fingerprint density at radius 2 is 1.73 bits per heavy atom. The SMILES string of the molecule is CC1(C)CC(=O)C2C(=Nc3ccccc3N(C(=O)c3ccccc3)C2c2ccc(-c3cccc([N+](=O)[O-])c3)[nH]2)C1. The number of benzene rings is 3. The highest BCUT2D eigenvalue weighted by Gasteiger charge is 2.48. The van der Waals surface area contributed by atoms with E-state index in [2.05, 4.69) is 18.8 Å². The van der Waals surface area contributed by atoms with E-state index in [-0.39, 0.29) is 22.8 Å². The second-order valence-corrected chi connectivity index (χ2v) is 11.2. The maximum atomic E-state index is 14.3. The maximum Gasteiger partial charge on any atom is 0.270 e. The van der Waals surface area contributed by atoms with Crippen LogP contribution in [0, 0.1) is 21.4 Å². The Labute approximate surface area is 231 Å². The van der Waals surface area contributed by atoms with Gasteiger partial charge in [-0.25, -0.2) is 0 Å². The van der Waals surface area contributed by atoms with Crippen LogP contribution in [0.3, 0.4) is 0 Å². The number of hydrogen-bond donors (Lipinski definition) is 1. The highest BCUT2D eigenvalue weighted by atomic mass is 16.6. The molecule has 8 heteroatoms. The maximum absolute atomic E-state index is 14.3. The molecule has 8 nitrogen and oxygen atoms in total. The van der Waals surface area contributed by atoms with E-state index in [4.69, 9.17) is 4.99 Å². The van der Waals surface area contributed by atoms with Crippen LogP contribution in [-0.2, 0) is 4.79 Å². The lowest BCUT2D eigenvalue weighted by Gasteiger charge is -2.40. The van der Waals surface area contributed by atoms with E-state index < -0.39 is 16.9 Å². The molecular formula is C32H28N4O4. The predicted octanol–water partition coefficient (Wildman–Crippen LogP) is 7.07. The number of para-hydroxylation sites is 2. The third kappa shape index (κ3) is 4.51. The van der Waals surface area contributed by atoms with Crippen molar-refractivity contribution in [3.05, 3.63) is 112 Å². The molecule has 0 spiro atoms. The highest BCUT2D eigenvalue weighted by molar-refractivity contribution is 6.15. The van der Waals surface area contributed by atoms with Crippen LogP contribution in [0.4, 0.5) is 17.1 Å². The molecule has 1 aliphatic carbocycles. The van der Waals surface area contributed by atoms with Gasteiger partial charge < -0.3 is 4.98 Å². The van der Waals surface area contributed by atoms with Gasteiger partial charge in [0.2, 0.25) is 0 Å². The normalized spacial score (nSPS) is 19.7. The van der Waals surface area contributed by atoms with Gasteiger partial charge in [0.05, 0.1) is 28.3 Å². The van der Waals surface area contributed by atoms with Crippen molar-refractivity contribution in [1.82, 2.24) is 4.98 Å². The summed E-state index contributed by atoms with van der Waals surface area (Å²) in [4.78, 5) is 49.3. The van der Waals surface area contributed by atoms with Crippen LogP contribution in [0.5, 0.6) is 0 Å². The lowest BCUT2D eigenvalue weighted by Crippen LogP contribution is -2.47. The molecule has 1 aromatic heterocycles. The van der Waals surface area contributed by atoms with Gasteiger partial charge in [0.25, 0.3) is 11.6 Å². The standard InChI is InChI=1S/C32H28N4O4/c1-32(2)18-26-29(28(37)19-32)30(25-16-15-23(33-25)21-11-8-12-22(17-21)36(39)40)35(27-14-7-6-13-24(27)34-26)31(38)20-9-4-3-5-10-20/h3-17,29-30,33H,18-19H2,1-2H3. The molecule has 2 aliphatic rings. The first-order valence-corrected chi connectivity index (χ1v) is 13.2. The summed E-state index contributed by atoms with van der Waals surface area (Å²) < 4.78 is 0. The van der Waals surface area contributed by atoms with E-state index in [0.717, 1.165) is 5.71 Å². The number of nitrogens with one attached hydrogen (secondary N) is 1. The van der Waals surface area contributed by atoms with Crippen molar-refractivity contribution in [1.29, 1.82) is 0 Å². The first-order chi connectivity index (χ1) is 19.2. The van der Waals surface area contributed by atoms with Gasteiger partial charge in [-0.15, -0.1) is 0 Å². The number of nitrogens with zero attached hydrogens (tertiary/aromatic N) is 3. The van der Waals surface area contributed by atoms with Gasteiger partial charge in [-0.1, -0.05) is 56.3 Å². The minimum Gasteiger partial charge on any atom is -0.357 e. The number of H-pyrrole nitrogens is 1. The second kappa shape index (κ2) is 9.72. The van der Waals surface area contributed by atoms with Crippen molar-refractivity contribution < 1.29 is 14.5 Å². The Hall–Kier alpha value is -4.85. The molecule has 6 rings (SSSR count). The summed E-state index contributed by atoms with van der Waals surface area (Å²) in [6.07, 6.45) is 0.995. The largest absolute Gasteiger partial charge is 0.357 e. The number of nitro benzene ring substituents is 1. The first kappa shape index (κ1) is 25.4. The Bertz CT molecular complexity index is 1670. The fraction of sp³-hybridized carbons (Fsp3) is 0.219. The third-order valence-electron chi connectivity index (χ3n) is 7.65. The second-order valence-electron chi connectivity index (χ2n) is 11.2. The molecule has 3 aromatic carbocycles. The van der Waals surface area contributed by atoms with Crippen molar-refractivity contribution in [3.8, 4) is 11.3 Å². The van der Waals surface area contributed by atoms with Crippen LogP contribution in [-0.4, -0.2) is 27.3 Å². The van der Waals surface area contributed by atoms with E-state index in [1.807, 2.05) is 54.6 Å². The van der Waals surface area contributed by atoms with E-state index in [1.54, 1.807) is 29.2 Å². The van der Waals surface area contributed by atoms with Gasteiger partial charge in [-0.2, -0.15) is 0 Å².